The number of hydrogen-bond donors (Lipinski definition) is 1. The number of halogens is 1. The Bertz CT molecular complexity index is 1270. The highest BCUT2D eigenvalue weighted by Gasteiger charge is 2.37. The molecule has 4 rings (SSSR count). The lowest BCUT2D eigenvalue weighted by Crippen LogP contribution is -2.53. The molecule has 176 valence electrons. The number of carbonyl (C=O) groups excluding carboxylic acids is 1. The SMILES string of the molecule is CO[C@H](C)[C@H]1C(=O)Nc2c(C)nc(CCc3cnn(Cc4ccc(F)cc4C#N)c3)nc2N1C. The summed E-state index contributed by atoms with van der Waals surface area (Å²) in [5, 5.41) is 16.5. The van der Waals surface area contributed by atoms with E-state index in [1.165, 1.54) is 12.1 Å². The maximum atomic E-state index is 13.4. The van der Waals surface area contributed by atoms with Gasteiger partial charge in [-0.15, -0.1) is 0 Å². The number of methoxy groups -OCH3 is 1. The molecule has 1 aromatic carbocycles. The van der Waals surface area contributed by atoms with Crippen molar-refractivity contribution in [2.45, 2.75) is 45.4 Å². The van der Waals surface area contributed by atoms with Crippen LogP contribution in [0.1, 0.15) is 35.1 Å². The standard InChI is InChI=1S/C24H26FN7O2/c1-14-21-23(31(3)22(15(2)34-4)24(33)30-21)29-20(28-14)8-5-16-11-27-32(12-16)13-17-6-7-19(25)9-18(17)10-26/h6-7,9,11-12,15,22H,5,8,13H2,1-4H3,(H,30,33)/t15-,22+/m1/s1. The molecule has 9 nitrogen and oxygen atoms in total. The average Bonchev–Trinajstić information content (AvgIpc) is 3.26. The van der Waals surface area contributed by atoms with E-state index in [1.54, 1.807) is 24.1 Å². The summed E-state index contributed by atoms with van der Waals surface area (Å²) in [5.41, 5.74) is 3.33. The van der Waals surface area contributed by atoms with Crippen LogP contribution >= 0.6 is 0 Å². The first-order valence-electron chi connectivity index (χ1n) is 10.9. The van der Waals surface area contributed by atoms with Crippen molar-refractivity contribution in [3.63, 3.8) is 0 Å². The monoisotopic (exact) mass is 463 g/mol. The van der Waals surface area contributed by atoms with Gasteiger partial charge in [0, 0.05) is 26.8 Å². The summed E-state index contributed by atoms with van der Waals surface area (Å²) in [4.78, 5) is 23.7. The average molecular weight is 464 g/mol. The molecule has 0 saturated carbocycles. The molecule has 0 radical (unpaired) electrons. The highest BCUT2D eigenvalue weighted by Crippen LogP contribution is 2.32. The van der Waals surface area contributed by atoms with Gasteiger partial charge in [0.05, 0.1) is 36.2 Å². The van der Waals surface area contributed by atoms with Crippen LogP contribution in [0.25, 0.3) is 0 Å². The number of likely N-dealkylation sites (N-methyl/N-ethyl adjacent to an activating group) is 1. The number of amides is 1. The molecule has 1 aliphatic rings. The number of hydrogen-bond acceptors (Lipinski definition) is 7. The molecule has 3 aromatic rings. The van der Waals surface area contributed by atoms with Crippen molar-refractivity contribution in [3.05, 3.63) is 64.6 Å². The zero-order chi connectivity index (χ0) is 24.4. The smallest absolute Gasteiger partial charge is 0.249 e. The number of ether oxygens (including phenoxy) is 1. The molecule has 10 heteroatoms. The largest absolute Gasteiger partial charge is 0.379 e. The minimum absolute atomic E-state index is 0.142. The molecule has 0 fully saturated rings. The first kappa shape index (κ1) is 23.3. The fourth-order valence-corrected chi connectivity index (χ4v) is 4.13. The molecule has 0 unspecified atom stereocenters. The quantitative estimate of drug-likeness (QED) is 0.574. The van der Waals surface area contributed by atoms with Crippen LogP contribution in [0.3, 0.4) is 0 Å². The van der Waals surface area contributed by atoms with Gasteiger partial charge in [0.2, 0.25) is 5.91 Å². The van der Waals surface area contributed by atoms with E-state index >= 15 is 0 Å². The summed E-state index contributed by atoms with van der Waals surface area (Å²) in [6.07, 6.45) is 4.62. The molecule has 1 N–H and O–H groups in total. The number of aryl methyl sites for hydroxylation is 3. The van der Waals surface area contributed by atoms with Gasteiger partial charge < -0.3 is 15.0 Å². The molecule has 0 bridgehead atoms. The van der Waals surface area contributed by atoms with Crippen LogP contribution in [0.5, 0.6) is 0 Å². The van der Waals surface area contributed by atoms with Crippen molar-refractivity contribution in [1.29, 1.82) is 5.26 Å². The summed E-state index contributed by atoms with van der Waals surface area (Å²) in [7, 11) is 3.41. The molecule has 34 heavy (non-hydrogen) atoms. The lowest BCUT2D eigenvalue weighted by atomic mass is 10.1. The molecule has 1 amide bonds. The number of benzene rings is 1. The number of aromatic nitrogens is 4. The number of nitriles is 1. The third-order valence-corrected chi connectivity index (χ3v) is 6.05. The first-order chi connectivity index (χ1) is 16.3. The van der Waals surface area contributed by atoms with Gasteiger partial charge in [-0.05, 0) is 43.5 Å². The molecular formula is C24H26FN7O2. The third kappa shape index (κ3) is 4.61. The van der Waals surface area contributed by atoms with E-state index in [0.717, 1.165) is 5.56 Å². The second-order valence-electron chi connectivity index (χ2n) is 8.37. The lowest BCUT2D eigenvalue weighted by molar-refractivity contribution is -0.120. The molecule has 0 spiro atoms. The highest BCUT2D eigenvalue weighted by atomic mass is 19.1. The Morgan fingerprint density at radius 3 is 2.85 bits per heavy atom. The number of fused-ring (bicyclic) bond motifs is 1. The molecule has 2 aromatic heterocycles. The minimum atomic E-state index is -0.484. The van der Waals surface area contributed by atoms with E-state index in [4.69, 9.17) is 9.72 Å². The van der Waals surface area contributed by atoms with Gasteiger partial charge in [0.15, 0.2) is 5.82 Å². The van der Waals surface area contributed by atoms with E-state index in [9.17, 15) is 14.4 Å². The Morgan fingerprint density at radius 1 is 1.32 bits per heavy atom. The minimum Gasteiger partial charge on any atom is -0.379 e. The van der Waals surface area contributed by atoms with Gasteiger partial charge in [-0.2, -0.15) is 10.4 Å². The van der Waals surface area contributed by atoms with Crippen LogP contribution in [-0.4, -0.2) is 52.0 Å². The van der Waals surface area contributed by atoms with Gasteiger partial charge in [-0.1, -0.05) is 6.07 Å². The van der Waals surface area contributed by atoms with Crippen LogP contribution in [0.2, 0.25) is 0 Å². The zero-order valence-corrected chi connectivity index (χ0v) is 19.5. The number of nitrogens with zero attached hydrogens (tertiary/aromatic N) is 6. The highest BCUT2D eigenvalue weighted by molar-refractivity contribution is 6.03. The molecule has 0 aliphatic carbocycles. The number of rotatable bonds is 7. The Kier molecular flexibility index (Phi) is 6.56. The van der Waals surface area contributed by atoms with Crippen LogP contribution < -0.4 is 10.2 Å². The van der Waals surface area contributed by atoms with Crippen molar-refractivity contribution in [2.75, 3.05) is 24.4 Å². The van der Waals surface area contributed by atoms with Crippen molar-refractivity contribution in [3.8, 4) is 6.07 Å². The number of carbonyl (C=O) groups is 1. The zero-order valence-electron chi connectivity index (χ0n) is 19.5. The van der Waals surface area contributed by atoms with Gasteiger partial charge >= 0.3 is 0 Å². The van der Waals surface area contributed by atoms with E-state index in [2.05, 4.69) is 15.4 Å². The summed E-state index contributed by atoms with van der Waals surface area (Å²) in [6, 6.07) is 5.71. The number of nitrogens with one attached hydrogen (secondary N) is 1. The third-order valence-electron chi connectivity index (χ3n) is 6.05. The second kappa shape index (κ2) is 9.57. The van der Waals surface area contributed by atoms with E-state index in [-0.39, 0.29) is 12.0 Å². The van der Waals surface area contributed by atoms with Crippen molar-refractivity contribution in [1.82, 2.24) is 19.7 Å². The Balaban J connectivity index is 1.48. The van der Waals surface area contributed by atoms with E-state index < -0.39 is 11.9 Å². The second-order valence-corrected chi connectivity index (χ2v) is 8.37. The summed E-state index contributed by atoms with van der Waals surface area (Å²) >= 11 is 0. The van der Waals surface area contributed by atoms with Crippen LogP contribution in [0.4, 0.5) is 15.9 Å². The van der Waals surface area contributed by atoms with E-state index in [0.29, 0.717) is 53.5 Å². The fourth-order valence-electron chi connectivity index (χ4n) is 4.13. The van der Waals surface area contributed by atoms with Crippen molar-refractivity contribution in [2.24, 2.45) is 0 Å². The molecular weight excluding hydrogens is 437 g/mol. The van der Waals surface area contributed by atoms with Crippen molar-refractivity contribution < 1.29 is 13.9 Å². The fraction of sp³-hybridized carbons (Fsp3) is 0.375. The molecule has 1 aliphatic heterocycles. The normalized spacial score (nSPS) is 16.1. The number of anilines is 2. The Morgan fingerprint density at radius 2 is 2.12 bits per heavy atom. The predicted molar refractivity (Wildman–Crippen MR) is 124 cm³/mol. The van der Waals surface area contributed by atoms with E-state index in [1.807, 2.05) is 38.1 Å². The van der Waals surface area contributed by atoms with Gasteiger partial charge in [-0.25, -0.2) is 14.4 Å². The van der Waals surface area contributed by atoms with Gasteiger partial charge in [0.1, 0.15) is 23.4 Å². The summed E-state index contributed by atoms with van der Waals surface area (Å²) in [5.74, 6) is 0.764. The molecule has 3 heterocycles. The topological polar surface area (TPSA) is 109 Å². The molecule has 0 saturated heterocycles. The van der Waals surface area contributed by atoms with Crippen LogP contribution in [0.15, 0.2) is 30.6 Å². The predicted octanol–water partition coefficient (Wildman–Crippen LogP) is 2.62. The maximum absolute atomic E-state index is 13.4. The molecule has 2 atom stereocenters. The van der Waals surface area contributed by atoms with Gasteiger partial charge in [-0.3, -0.25) is 9.48 Å². The van der Waals surface area contributed by atoms with Crippen molar-refractivity contribution >= 4 is 17.4 Å². The Labute approximate surface area is 197 Å². The first-order valence-corrected chi connectivity index (χ1v) is 10.9. The summed E-state index contributed by atoms with van der Waals surface area (Å²) in [6.45, 7) is 4.08. The van der Waals surface area contributed by atoms with Crippen LogP contribution in [0, 0.1) is 24.1 Å². The van der Waals surface area contributed by atoms with Crippen LogP contribution in [-0.2, 0) is 28.9 Å². The maximum Gasteiger partial charge on any atom is 0.249 e. The summed E-state index contributed by atoms with van der Waals surface area (Å²) < 4.78 is 20.5. The van der Waals surface area contributed by atoms with Gasteiger partial charge in [0.25, 0.3) is 0 Å². The Hall–Kier alpha value is -3.84. The lowest BCUT2D eigenvalue weighted by Gasteiger charge is -2.37.